The first-order valence-electron chi connectivity index (χ1n) is 5.69. The van der Waals surface area contributed by atoms with Gasteiger partial charge in [0.25, 0.3) is 0 Å². The van der Waals surface area contributed by atoms with E-state index in [-0.39, 0.29) is 0 Å². The van der Waals surface area contributed by atoms with Crippen LogP contribution >= 0.6 is 27.5 Å². The van der Waals surface area contributed by atoms with Crippen molar-refractivity contribution in [3.8, 4) is 5.69 Å². The number of benzene rings is 2. The molecule has 0 saturated heterocycles. The number of hydrogen-bond acceptors (Lipinski definition) is 0. The highest BCUT2D eigenvalue weighted by Crippen LogP contribution is 2.29. The standard InChI is InChI=1S/C15H11BrClN/c1-10-9-18(14-5-3-2-4-12(10)14)15-7-6-11(16)8-13(15)17/h2-9H,1H3. The highest BCUT2D eigenvalue weighted by Gasteiger charge is 2.09. The molecule has 2 aromatic carbocycles. The summed E-state index contributed by atoms with van der Waals surface area (Å²) >= 11 is 9.75. The second-order valence-electron chi connectivity index (χ2n) is 4.29. The topological polar surface area (TPSA) is 4.93 Å². The Morgan fingerprint density at radius 3 is 2.67 bits per heavy atom. The number of aryl methyl sites for hydroxylation is 1. The molecular weight excluding hydrogens is 310 g/mol. The minimum Gasteiger partial charge on any atom is -0.315 e. The predicted molar refractivity (Wildman–Crippen MR) is 80.7 cm³/mol. The summed E-state index contributed by atoms with van der Waals surface area (Å²) < 4.78 is 3.13. The summed E-state index contributed by atoms with van der Waals surface area (Å²) in [6.45, 7) is 2.12. The summed E-state index contributed by atoms with van der Waals surface area (Å²) in [7, 11) is 0. The van der Waals surface area contributed by atoms with E-state index >= 15 is 0 Å². The number of halogens is 2. The lowest BCUT2D eigenvalue weighted by Gasteiger charge is -2.08. The summed E-state index contributed by atoms with van der Waals surface area (Å²) in [6, 6.07) is 14.3. The number of aromatic nitrogens is 1. The van der Waals surface area contributed by atoms with Crippen molar-refractivity contribution in [2.75, 3.05) is 0 Å². The monoisotopic (exact) mass is 319 g/mol. The van der Waals surface area contributed by atoms with Crippen molar-refractivity contribution in [3.05, 3.63) is 63.7 Å². The summed E-state index contributed by atoms with van der Waals surface area (Å²) in [6.07, 6.45) is 2.12. The van der Waals surface area contributed by atoms with Crippen molar-refractivity contribution in [1.82, 2.24) is 4.57 Å². The number of rotatable bonds is 1. The average Bonchev–Trinajstić information content (AvgIpc) is 2.68. The largest absolute Gasteiger partial charge is 0.315 e. The van der Waals surface area contributed by atoms with E-state index in [1.54, 1.807) is 0 Å². The number of para-hydroxylation sites is 1. The molecule has 3 aromatic rings. The lowest BCUT2D eigenvalue weighted by Crippen LogP contribution is -1.92. The Kier molecular flexibility index (Phi) is 2.92. The van der Waals surface area contributed by atoms with Gasteiger partial charge < -0.3 is 4.57 Å². The second kappa shape index (κ2) is 4.45. The molecule has 3 rings (SSSR count). The van der Waals surface area contributed by atoms with Crippen molar-refractivity contribution in [2.45, 2.75) is 6.92 Å². The van der Waals surface area contributed by atoms with Crippen LogP contribution in [0.4, 0.5) is 0 Å². The quantitative estimate of drug-likeness (QED) is 0.569. The molecule has 0 radical (unpaired) electrons. The zero-order chi connectivity index (χ0) is 12.7. The molecule has 0 unspecified atom stereocenters. The van der Waals surface area contributed by atoms with Gasteiger partial charge in [0, 0.05) is 16.1 Å². The molecule has 0 N–H and O–H groups in total. The molecule has 0 aliphatic heterocycles. The van der Waals surface area contributed by atoms with Gasteiger partial charge in [-0.3, -0.25) is 0 Å². The smallest absolute Gasteiger partial charge is 0.0657 e. The van der Waals surface area contributed by atoms with Gasteiger partial charge in [-0.25, -0.2) is 0 Å². The molecule has 18 heavy (non-hydrogen) atoms. The summed E-state index contributed by atoms with van der Waals surface area (Å²) in [5.74, 6) is 0. The van der Waals surface area contributed by atoms with Crippen LogP contribution in [0.5, 0.6) is 0 Å². The first-order valence-corrected chi connectivity index (χ1v) is 6.86. The molecule has 1 heterocycles. The lowest BCUT2D eigenvalue weighted by atomic mass is 10.2. The van der Waals surface area contributed by atoms with Gasteiger partial charge in [-0.2, -0.15) is 0 Å². The molecule has 0 aliphatic rings. The van der Waals surface area contributed by atoms with Gasteiger partial charge in [0.2, 0.25) is 0 Å². The third-order valence-electron chi connectivity index (χ3n) is 3.08. The van der Waals surface area contributed by atoms with Gasteiger partial charge in [-0.1, -0.05) is 45.7 Å². The Hall–Kier alpha value is -1.25. The SMILES string of the molecule is Cc1cn(-c2ccc(Br)cc2Cl)c2ccccc12. The van der Waals surface area contributed by atoms with Crippen LogP contribution in [0.1, 0.15) is 5.56 Å². The van der Waals surface area contributed by atoms with E-state index in [4.69, 9.17) is 11.6 Å². The van der Waals surface area contributed by atoms with Gasteiger partial charge in [0.05, 0.1) is 16.2 Å². The molecule has 0 fully saturated rings. The Morgan fingerprint density at radius 2 is 1.89 bits per heavy atom. The van der Waals surface area contributed by atoms with Gasteiger partial charge in [-0.05, 0) is 36.8 Å². The van der Waals surface area contributed by atoms with Crippen molar-refractivity contribution < 1.29 is 0 Å². The highest BCUT2D eigenvalue weighted by atomic mass is 79.9. The van der Waals surface area contributed by atoms with Gasteiger partial charge >= 0.3 is 0 Å². The highest BCUT2D eigenvalue weighted by molar-refractivity contribution is 9.10. The molecule has 3 heteroatoms. The first-order chi connectivity index (χ1) is 8.66. The number of nitrogens with zero attached hydrogens (tertiary/aromatic N) is 1. The van der Waals surface area contributed by atoms with Gasteiger partial charge in [0.1, 0.15) is 0 Å². The first kappa shape index (κ1) is 11.8. The van der Waals surface area contributed by atoms with Crippen LogP contribution in [0, 0.1) is 6.92 Å². The van der Waals surface area contributed by atoms with E-state index in [1.165, 1.54) is 16.5 Å². The summed E-state index contributed by atoms with van der Waals surface area (Å²) in [5, 5.41) is 2.00. The minimum atomic E-state index is 0.741. The Bertz CT molecular complexity index is 730. The van der Waals surface area contributed by atoms with Crippen LogP contribution in [0.25, 0.3) is 16.6 Å². The van der Waals surface area contributed by atoms with E-state index in [2.05, 4.69) is 51.8 Å². The molecule has 0 aliphatic carbocycles. The van der Waals surface area contributed by atoms with Crippen LogP contribution < -0.4 is 0 Å². The molecule has 0 bridgehead atoms. The third kappa shape index (κ3) is 1.86. The van der Waals surface area contributed by atoms with Crippen LogP contribution in [0.15, 0.2) is 53.1 Å². The third-order valence-corrected chi connectivity index (χ3v) is 3.88. The summed E-state index contributed by atoms with van der Waals surface area (Å²) in [4.78, 5) is 0. The Morgan fingerprint density at radius 1 is 1.11 bits per heavy atom. The second-order valence-corrected chi connectivity index (χ2v) is 5.62. The average molecular weight is 321 g/mol. The Labute approximate surface area is 119 Å². The van der Waals surface area contributed by atoms with Crippen LogP contribution in [0.2, 0.25) is 5.02 Å². The van der Waals surface area contributed by atoms with Gasteiger partial charge in [0.15, 0.2) is 0 Å². The van der Waals surface area contributed by atoms with Crippen molar-refractivity contribution in [2.24, 2.45) is 0 Å². The normalized spacial score (nSPS) is 11.1. The Balaban J connectivity index is 2.32. The van der Waals surface area contributed by atoms with E-state index in [1.807, 2.05) is 24.3 Å². The minimum absolute atomic E-state index is 0.741. The fraction of sp³-hybridized carbons (Fsp3) is 0.0667. The van der Waals surface area contributed by atoms with E-state index in [0.29, 0.717) is 0 Å². The molecular formula is C15H11BrClN. The maximum Gasteiger partial charge on any atom is 0.0657 e. The van der Waals surface area contributed by atoms with Crippen LogP contribution in [-0.2, 0) is 0 Å². The zero-order valence-corrected chi connectivity index (χ0v) is 12.2. The van der Waals surface area contributed by atoms with Crippen LogP contribution in [0.3, 0.4) is 0 Å². The molecule has 0 spiro atoms. The zero-order valence-electron chi connectivity index (χ0n) is 9.82. The predicted octanol–water partition coefficient (Wildman–Crippen LogP) is 5.35. The lowest BCUT2D eigenvalue weighted by molar-refractivity contribution is 1.12. The molecule has 90 valence electrons. The number of fused-ring (bicyclic) bond motifs is 1. The summed E-state index contributed by atoms with van der Waals surface area (Å²) in [5.41, 5.74) is 3.44. The number of hydrogen-bond donors (Lipinski definition) is 0. The molecule has 0 saturated carbocycles. The molecule has 0 atom stereocenters. The molecule has 1 nitrogen and oxygen atoms in total. The molecule has 0 amide bonds. The molecule has 1 aromatic heterocycles. The maximum absolute atomic E-state index is 6.32. The van der Waals surface area contributed by atoms with E-state index in [0.717, 1.165) is 15.2 Å². The van der Waals surface area contributed by atoms with Gasteiger partial charge in [-0.15, -0.1) is 0 Å². The van der Waals surface area contributed by atoms with E-state index < -0.39 is 0 Å². The van der Waals surface area contributed by atoms with Crippen LogP contribution in [-0.4, -0.2) is 4.57 Å². The van der Waals surface area contributed by atoms with Crippen molar-refractivity contribution >= 4 is 38.4 Å². The van der Waals surface area contributed by atoms with E-state index in [9.17, 15) is 0 Å². The van der Waals surface area contributed by atoms with Crippen molar-refractivity contribution in [1.29, 1.82) is 0 Å². The van der Waals surface area contributed by atoms with Crippen molar-refractivity contribution in [3.63, 3.8) is 0 Å². The maximum atomic E-state index is 6.32. The fourth-order valence-electron chi connectivity index (χ4n) is 2.23. The fourth-order valence-corrected chi connectivity index (χ4v) is 2.99.